The molecule has 3 aromatic rings. The molecular weight excluding hydrogens is 472 g/mol. The number of unbranched alkanes of at least 4 members (excludes halogenated alkanes) is 1. The Balaban J connectivity index is 2.09. The van der Waals surface area contributed by atoms with Gasteiger partial charge in [-0.15, -0.1) is 0 Å². The topological polar surface area (TPSA) is 120 Å². The highest BCUT2D eigenvalue weighted by Gasteiger charge is 2.30. The molecule has 1 amide bonds. The number of anilines is 2. The molecule has 2 aromatic carbocycles. The van der Waals surface area contributed by atoms with E-state index < -0.39 is 23.3 Å². The molecule has 0 unspecified atom stereocenters. The zero-order valence-corrected chi connectivity index (χ0v) is 20.7. The number of aromatic amines is 1. The first kappa shape index (κ1) is 25.9. The van der Waals surface area contributed by atoms with Gasteiger partial charge in [-0.2, -0.15) is 0 Å². The summed E-state index contributed by atoms with van der Waals surface area (Å²) in [6.07, 6.45) is 0.483. The lowest BCUT2D eigenvalue weighted by Gasteiger charge is -2.28. The van der Waals surface area contributed by atoms with Crippen molar-refractivity contribution in [1.29, 1.82) is 0 Å². The second-order valence-electron chi connectivity index (χ2n) is 7.95. The molecule has 0 aliphatic heterocycles. The van der Waals surface area contributed by atoms with Crippen LogP contribution < -0.4 is 31.4 Å². The van der Waals surface area contributed by atoms with Crippen molar-refractivity contribution >= 4 is 29.0 Å². The van der Waals surface area contributed by atoms with Gasteiger partial charge in [-0.05, 0) is 37.6 Å². The van der Waals surface area contributed by atoms with Crippen LogP contribution in [-0.4, -0.2) is 28.7 Å². The number of halogens is 1. The molecule has 0 aliphatic rings. The van der Waals surface area contributed by atoms with Crippen LogP contribution in [0.4, 0.5) is 11.5 Å². The van der Waals surface area contributed by atoms with Gasteiger partial charge in [0.1, 0.15) is 17.3 Å². The van der Waals surface area contributed by atoms with Gasteiger partial charge >= 0.3 is 5.69 Å². The Morgan fingerprint density at radius 3 is 2.63 bits per heavy atom. The van der Waals surface area contributed by atoms with Crippen molar-refractivity contribution in [2.24, 2.45) is 0 Å². The average Bonchev–Trinajstić information content (AvgIpc) is 2.83. The van der Waals surface area contributed by atoms with Crippen molar-refractivity contribution in [3.05, 3.63) is 80.0 Å². The quantitative estimate of drug-likeness (QED) is 0.439. The van der Waals surface area contributed by atoms with E-state index in [2.05, 4.69) is 4.98 Å². The van der Waals surface area contributed by atoms with Gasteiger partial charge in [-0.1, -0.05) is 49.2 Å². The number of nitrogen functional groups attached to an aromatic ring is 1. The lowest BCUT2D eigenvalue weighted by atomic mass is 10.1. The molecule has 186 valence electrons. The molecule has 1 aromatic heterocycles. The van der Waals surface area contributed by atoms with Crippen molar-refractivity contribution in [2.75, 3.05) is 17.7 Å². The van der Waals surface area contributed by atoms with Crippen LogP contribution in [0, 0.1) is 0 Å². The highest BCUT2D eigenvalue weighted by atomic mass is 35.5. The van der Waals surface area contributed by atoms with Crippen molar-refractivity contribution < 1.29 is 14.3 Å². The summed E-state index contributed by atoms with van der Waals surface area (Å²) in [5, 5.41) is 0.455. The minimum atomic E-state index is -1.00. The molecule has 1 atom stereocenters. The number of amides is 1. The van der Waals surface area contributed by atoms with Crippen LogP contribution in [-0.2, 0) is 17.9 Å². The average molecular weight is 501 g/mol. The molecule has 3 N–H and O–H groups in total. The summed E-state index contributed by atoms with van der Waals surface area (Å²) in [5.74, 6) is 0.299. The van der Waals surface area contributed by atoms with E-state index in [1.165, 1.54) is 16.6 Å². The van der Waals surface area contributed by atoms with E-state index in [9.17, 15) is 14.4 Å². The zero-order chi connectivity index (χ0) is 25.5. The number of nitrogens with two attached hydrogens (primary N) is 1. The number of carbonyl (C=O) groups excluding carboxylic acids is 1. The maximum atomic E-state index is 13.7. The smallest absolute Gasteiger partial charge is 0.330 e. The highest BCUT2D eigenvalue weighted by Crippen LogP contribution is 2.26. The Morgan fingerprint density at radius 2 is 1.94 bits per heavy atom. The largest absolute Gasteiger partial charge is 0.496 e. The normalized spacial score (nSPS) is 11.7. The van der Waals surface area contributed by atoms with Gasteiger partial charge in [0.15, 0.2) is 11.8 Å². The second kappa shape index (κ2) is 11.6. The SMILES string of the molecule is CCCCn1c(N)c(N(Cc2ccccc2OC)C(=O)[C@@H](C)Oc2cccc(Cl)c2)c(=O)[nH]c1=O. The van der Waals surface area contributed by atoms with E-state index in [1.807, 2.05) is 6.92 Å². The number of rotatable bonds is 10. The van der Waals surface area contributed by atoms with Gasteiger partial charge in [-0.25, -0.2) is 4.79 Å². The van der Waals surface area contributed by atoms with Crippen LogP contribution in [0.2, 0.25) is 5.02 Å². The Bertz CT molecular complexity index is 1300. The monoisotopic (exact) mass is 500 g/mol. The fourth-order valence-electron chi connectivity index (χ4n) is 3.66. The van der Waals surface area contributed by atoms with E-state index in [4.69, 9.17) is 26.8 Å². The third-order valence-electron chi connectivity index (χ3n) is 5.46. The van der Waals surface area contributed by atoms with Crippen molar-refractivity contribution in [3.8, 4) is 11.5 Å². The van der Waals surface area contributed by atoms with Crippen LogP contribution in [0.3, 0.4) is 0 Å². The molecular formula is C25H29ClN4O5. The second-order valence-corrected chi connectivity index (χ2v) is 8.39. The molecule has 0 saturated carbocycles. The van der Waals surface area contributed by atoms with E-state index in [0.717, 1.165) is 6.42 Å². The number of benzene rings is 2. The first-order chi connectivity index (χ1) is 16.8. The summed E-state index contributed by atoms with van der Waals surface area (Å²) < 4.78 is 12.5. The molecule has 0 bridgehead atoms. The van der Waals surface area contributed by atoms with Crippen LogP contribution in [0.5, 0.6) is 11.5 Å². The first-order valence-corrected chi connectivity index (χ1v) is 11.6. The van der Waals surface area contributed by atoms with Gasteiger partial charge in [0.25, 0.3) is 11.5 Å². The molecule has 3 rings (SSSR count). The van der Waals surface area contributed by atoms with Crippen molar-refractivity contribution in [3.63, 3.8) is 0 Å². The lowest BCUT2D eigenvalue weighted by molar-refractivity contribution is -0.124. The number of carbonyl (C=O) groups is 1. The van der Waals surface area contributed by atoms with Gasteiger partial charge in [0.2, 0.25) is 0 Å². The van der Waals surface area contributed by atoms with Crippen LogP contribution >= 0.6 is 11.6 Å². The number of aromatic nitrogens is 2. The Morgan fingerprint density at radius 1 is 1.20 bits per heavy atom. The van der Waals surface area contributed by atoms with E-state index in [-0.39, 0.29) is 18.1 Å². The van der Waals surface area contributed by atoms with Crippen molar-refractivity contribution in [2.45, 2.75) is 45.9 Å². The molecule has 35 heavy (non-hydrogen) atoms. The number of methoxy groups -OCH3 is 1. The molecule has 9 nitrogen and oxygen atoms in total. The molecule has 0 aliphatic carbocycles. The number of ether oxygens (including phenoxy) is 2. The first-order valence-electron chi connectivity index (χ1n) is 11.2. The predicted octanol–water partition coefficient (Wildman–Crippen LogP) is 3.58. The molecule has 0 radical (unpaired) electrons. The van der Waals surface area contributed by atoms with E-state index >= 15 is 0 Å². The summed E-state index contributed by atoms with van der Waals surface area (Å²) in [7, 11) is 1.52. The van der Waals surface area contributed by atoms with E-state index in [1.54, 1.807) is 55.5 Å². The number of hydrogen-bond acceptors (Lipinski definition) is 6. The molecule has 0 spiro atoms. The fourth-order valence-corrected chi connectivity index (χ4v) is 3.84. The zero-order valence-electron chi connectivity index (χ0n) is 19.9. The minimum Gasteiger partial charge on any atom is -0.496 e. The fraction of sp³-hybridized carbons (Fsp3) is 0.320. The third kappa shape index (κ3) is 6.05. The number of para-hydroxylation sites is 1. The Hall–Kier alpha value is -3.72. The highest BCUT2D eigenvalue weighted by molar-refractivity contribution is 6.30. The molecule has 0 saturated heterocycles. The summed E-state index contributed by atoms with van der Waals surface area (Å²) in [6.45, 7) is 3.80. The molecule has 1 heterocycles. The summed E-state index contributed by atoms with van der Waals surface area (Å²) in [4.78, 5) is 42.6. The number of nitrogens with zero attached hydrogens (tertiary/aromatic N) is 2. The van der Waals surface area contributed by atoms with Crippen LogP contribution in [0.1, 0.15) is 32.3 Å². The maximum absolute atomic E-state index is 13.7. The van der Waals surface area contributed by atoms with Gasteiger partial charge in [0, 0.05) is 17.1 Å². The van der Waals surface area contributed by atoms with Crippen molar-refractivity contribution in [1.82, 2.24) is 9.55 Å². The van der Waals surface area contributed by atoms with Crippen LogP contribution in [0.15, 0.2) is 58.1 Å². The third-order valence-corrected chi connectivity index (χ3v) is 5.70. The molecule has 10 heteroatoms. The van der Waals surface area contributed by atoms with Gasteiger partial charge < -0.3 is 15.2 Å². The van der Waals surface area contributed by atoms with Gasteiger partial charge in [0.05, 0.1) is 13.7 Å². The van der Waals surface area contributed by atoms with E-state index in [0.29, 0.717) is 35.1 Å². The summed E-state index contributed by atoms with van der Waals surface area (Å²) in [6, 6.07) is 13.8. The number of nitrogens with one attached hydrogen (secondary N) is 1. The Kier molecular flexibility index (Phi) is 8.59. The van der Waals surface area contributed by atoms with Crippen LogP contribution in [0.25, 0.3) is 0 Å². The summed E-state index contributed by atoms with van der Waals surface area (Å²) >= 11 is 6.04. The van der Waals surface area contributed by atoms with Gasteiger partial charge in [-0.3, -0.25) is 24.0 Å². The number of H-pyrrole nitrogens is 1. The minimum absolute atomic E-state index is 0.0364. The predicted molar refractivity (Wildman–Crippen MR) is 136 cm³/mol. The number of hydrogen-bond donors (Lipinski definition) is 2. The maximum Gasteiger partial charge on any atom is 0.330 e. The standard InChI is InChI=1S/C25H29ClN4O5/c1-4-5-13-29-22(27)21(23(31)28-25(29)33)30(15-17-9-6-7-12-20(17)34-3)24(32)16(2)35-19-11-8-10-18(26)14-19/h6-12,14,16H,4-5,13,15,27H2,1-3H3,(H,28,31,33)/t16-/m1/s1. The summed E-state index contributed by atoms with van der Waals surface area (Å²) in [5.41, 5.74) is 5.44. The Labute approximate surface area is 208 Å². The lowest BCUT2D eigenvalue weighted by Crippen LogP contribution is -2.45. The molecule has 0 fully saturated rings.